The van der Waals surface area contributed by atoms with E-state index in [1.807, 2.05) is 0 Å². The first-order valence-corrected chi connectivity index (χ1v) is 23.9. The van der Waals surface area contributed by atoms with Crippen LogP contribution in [0.15, 0.2) is 199 Å². The average molecular weight is 823 g/mol. The number of hydrogen-bond acceptors (Lipinski definition) is 0. The Morgan fingerprint density at radius 2 is 0.922 bits per heavy atom. The Hall–Kier alpha value is -6.50. The number of fused-ring (bicyclic) bond motifs is 9. The van der Waals surface area contributed by atoms with Gasteiger partial charge in [0.05, 0.1) is 0 Å². The molecule has 0 saturated heterocycles. The van der Waals surface area contributed by atoms with Gasteiger partial charge in [0.1, 0.15) is 0 Å². The molecule has 0 heteroatoms. The maximum Gasteiger partial charge on any atom is 0.0159 e. The summed E-state index contributed by atoms with van der Waals surface area (Å²) in [5.41, 5.74) is 23.1. The summed E-state index contributed by atoms with van der Waals surface area (Å²) < 4.78 is 0. The highest BCUT2D eigenvalue weighted by molar-refractivity contribution is 5.90. The average Bonchev–Trinajstić information content (AvgIpc) is 3.70. The SMILES string of the molecule is CC1(C)C2=C(CCC(C3=c4ccccc4=C(c4ccc5c(c4)C(C)(C)c4cc(C6=c7ccccc7=C(C7=CC=CCC7)C7C=CC=CC67)ccc4-5)C4C=CC=CC34)=C2)c2ccccc21. The Kier molecular flexibility index (Phi) is 8.31. The van der Waals surface area contributed by atoms with Crippen molar-refractivity contribution in [1.29, 1.82) is 0 Å². The minimum Gasteiger partial charge on any atom is -0.0842 e. The molecular weight excluding hydrogens is 769 g/mol. The summed E-state index contributed by atoms with van der Waals surface area (Å²) in [5, 5.41) is 5.58. The number of benzene rings is 5. The molecular formula is C64H54. The molecule has 0 saturated carbocycles. The Labute approximate surface area is 378 Å². The van der Waals surface area contributed by atoms with Gasteiger partial charge in [0.2, 0.25) is 0 Å². The molecule has 0 radical (unpaired) electrons. The summed E-state index contributed by atoms with van der Waals surface area (Å²) in [5.74, 6) is 1.15. The standard InChI is InChI=1S/C64H54/c1-63(2)55-29-17-16-20-43(55)44-33-30-40(36-56(44)63)61-51-25-12-14-27-53(51)62(54-28-15-13-26-52(54)61)42-32-35-46-45-34-31-41(37-57(45)64(3,4)58(46)38-42)60-49-23-10-8-21-47(49)59(39-18-6-5-7-19-39)48-22-9-11-24-50(48)60/h5-6,8-18,20-29,31-32,34-38,47,49,51,53H,7,19,30,33H2,1-4H3. The summed E-state index contributed by atoms with van der Waals surface area (Å²) in [7, 11) is 0. The quantitative estimate of drug-likeness (QED) is 0.169. The Morgan fingerprint density at radius 1 is 0.422 bits per heavy atom. The molecule has 8 aliphatic rings. The second kappa shape index (κ2) is 14.0. The summed E-state index contributed by atoms with van der Waals surface area (Å²) >= 11 is 0. The lowest BCUT2D eigenvalue weighted by atomic mass is 9.67. The van der Waals surface area contributed by atoms with Gasteiger partial charge in [0.15, 0.2) is 0 Å². The summed E-state index contributed by atoms with van der Waals surface area (Å²) in [6.45, 7) is 9.78. The van der Waals surface area contributed by atoms with Gasteiger partial charge >= 0.3 is 0 Å². The molecule has 0 aliphatic heterocycles. The molecule has 5 aromatic rings. The lowest BCUT2D eigenvalue weighted by molar-refractivity contribution is 0.646. The van der Waals surface area contributed by atoms with E-state index in [0.717, 1.165) is 25.7 Å². The molecule has 310 valence electrons. The molecule has 0 heterocycles. The van der Waals surface area contributed by atoms with E-state index < -0.39 is 0 Å². The maximum atomic E-state index is 2.61. The smallest absolute Gasteiger partial charge is 0.0159 e. The topological polar surface area (TPSA) is 0 Å². The van der Waals surface area contributed by atoms with Crippen molar-refractivity contribution >= 4 is 27.9 Å². The predicted molar refractivity (Wildman–Crippen MR) is 268 cm³/mol. The van der Waals surface area contributed by atoms with Crippen LogP contribution in [0.2, 0.25) is 0 Å². The summed E-state index contributed by atoms with van der Waals surface area (Å²) in [6, 6.07) is 42.6. The van der Waals surface area contributed by atoms with Crippen LogP contribution in [0.4, 0.5) is 0 Å². The molecule has 5 aromatic carbocycles. The molecule has 0 aromatic heterocycles. The van der Waals surface area contributed by atoms with E-state index in [0.29, 0.717) is 5.92 Å². The molecule has 0 N–H and O–H groups in total. The second-order valence-electron chi connectivity index (χ2n) is 20.4. The lowest BCUT2D eigenvalue weighted by Gasteiger charge is -2.36. The molecule has 0 fully saturated rings. The van der Waals surface area contributed by atoms with Gasteiger partial charge in [-0.05, 0) is 148 Å². The van der Waals surface area contributed by atoms with Crippen molar-refractivity contribution in [3.8, 4) is 11.1 Å². The third-order valence-corrected chi connectivity index (χ3v) is 16.5. The van der Waals surface area contributed by atoms with Crippen LogP contribution in [-0.2, 0) is 10.8 Å². The molecule has 4 unspecified atom stereocenters. The Balaban J connectivity index is 0.954. The van der Waals surface area contributed by atoms with Gasteiger partial charge in [0, 0.05) is 34.5 Å². The molecule has 13 rings (SSSR count). The van der Waals surface area contributed by atoms with Crippen LogP contribution in [0.3, 0.4) is 0 Å². The van der Waals surface area contributed by atoms with E-state index in [9.17, 15) is 0 Å². The van der Waals surface area contributed by atoms with Crippen LogP contribution in [0.25, 0.3) is 39.0 Å². The maximum absolute atomic E-state index is 2.61. The van der Waals surface area contributed by atoms with Crippen LogP contribution >= 0.6 is 0 Å². The minimum absolute atomic E-state index is 0.000148. The Morgan fingerprint density at radius 3 is 1.47 bits per heavy atom. The monoisotopic (exact) mass is 822 g/mol. The normalized spacial score (nSPS) is 24.6. The van der Waals surface area contributed by atoms with Gasteiger partial charge in [-0.15, -0.1) is 0 Å². The van der Waals surface area contributed by atoms with E-state index in [-0.39, 0.29) is 28.6 Å². The van der Waals surface area contributed by atoms with Gasteiger partial charge in [-0.25, -0.2) is 0 Å². The molecule has 4 atom stereocenters. The number of allylic oxidation sites excluding steroid dienone is 16. The first-order valence-electron chi connectivity index (χ1n) is 23.9. The van der Waals surface area contributed by atoms with E-state index >= 15 is 0 Å². The first-order chi connectivity index (χ1) is 31.3. The van der Waals surface area contributed by atoms with Gasteiger partial charge in [-0.1, -0.05) is 198 Å². The van der Waals surface area contributed by atoms with Crippen LogP contribution in [0.5, 0.6) is 0 Å². The zero-order chi connectivity index (χ0) is 42.9. The van der Waals surface area contributed by atoms with E-state index in [1.54, 1.807) is 5.57 Å². The van der Waals surface area contributed by atoms with E-state index in [1.165, 1.54) is 104 Å². The molecule has 0 amide bonds. The van der Waals surface area contributed by atoms with Crippen molar-refractivity contribution in [3.63, 3.8) is 0 Å². The highest BCUT2D eigenvalue weighted by Crippen LogP contribution is 2.55. The Bertz CT molecular complexity index is 3440. The fourth-order valence-electron chi connectivity index (χ4n) is 13.5. The van der Waals surface area contributed by atoms with Crippen LogP contribution in [-0.4, -0.2) is 0 Å². The highest BCUT2D eigenvalue weighted by atomic mass is 14.5. The molecule has 64 heavy (non-hydrogen) atoms. The predicted octanol–water partition coefficient (Wildman–Crippen LogP) is 12.2. The summed E-state index contributed by atoms with van der Waals surface area (Å²) in [4.78, 5) is 0. The van der Waals surface area contributed by atoms with Crippen molar-refractivity contribution in [2.45, 2.75) is 64.2 Å². The molecule has 0 spiro atoms. The van der Waals surface area contributed by atoms with Crippen molar-refractivity contribution in [1.82, 2.24) is 0 Å². The van der Waals surface area contributed by atoms with E-state index in [4.69, 9.17) is 0 Å². The van der Waals surface area contributed by atoms with Gasteiger partial charge in [-0.3, -0.25) is 0 Å². The van der Waals surface area contributed by atoms with Crippen molar-refractivity contribution in [2.24, 2.45) is 23.7 Å². The third kappa shape index (κ3) is 5.35. The fourth-order valence-corrected chi connectivity index (χ4v) is 13.5. The fraction of sp³-hybridized carbons (Fsp3) is 0.219. The number of rotatable bonds is 4. The summed E-state index contributed by atoms with van der Waals surface area (Å²) in [6.07, 6.45) is 33.0. The van der Waals surface area contributed by atoms with Crippen LogP contribution < -0.4 is 20.9 Å². The van der Waals surface area contributed by atoms with Crippen molar-refractivity contribution in [2.75, 3.05) is 0 Å². The number of hydrogen-bond donors (Lipinski definition) is 0. The van der Waals surface area contributed by atoms with Crippen molar-refractivity contribution in [3.05, 3.63) is 253 Å². The molecule has 8 aliphatic carbocycles. The molecule has 0 nitrogen and oxygen atoms in total. The zero-order valence-corrected chi connectivity index (χ0v) is 37.5. The van der Waals surface area contributed by atoms with Gasteiger partial charge in [-0.2, -0.15) is 0 Å². The lowest BCUT2D eigenvalue weighted by Crippen LogP contribution is -2.40. The van der Waals surface area contributed by atoms with E-state index in [2.05, 4.69) is 210 Å². The second-order valence-corrected chi connectivity index (χ2v) is 20.4. The molecule has 0 bridgehead atoms. The zero-order valence-electron chi connectivity index (χ0n) is 37.5. The minimum atomic E-state index is -0.165. The van der Waals surface area contributed by atoms with Crippen LogP contribution in [0.1, 0.15) is 86.8 Å². The largest absolute Gasteiger partial charge is 0.0842 e. The highest BCUT2D eigenvalue weighted by Gasteiger charge is 2.42. The third-order valence-electron chi connectivity index (χ3n) is 16.5. The van der Waals surface area contributed by atoms with Gasteiger partial charge < -0.3 is 0 Å². The van der Waals surface area contributed by atoms with Crippen LogP contribution in [0, 0.1) is 23.7 Å². The first kappa shape index (κ1) is 38.0. The van der Waals surface area contributed by atoms with Crippen molar-refractivity contribution < 1.29 is 0 Å². The van der Waals surface area contributed by atoms with Gasteiger partial charge in [0.25, 0.3) is 0 Å².